The first-order chi connectivity index (χ1) is 11.4. The molecule has 3 rings (SSSR count). The molecule has 0 bridgehead atoms. The number of hydrogen-bond acceptors (Lipinski definition) is 4. The molecular weight excluding hydrogens is 373 g/mol. The summed E-state index contributed by atoms with van der Waals surface area (Å²) in [7, 11) is -3.88. The maximum absolute atomic E-state index is 12.6. The molecule has 5 nitrogen and oxygen atoms in total. The molecule has 1 heterocycles. The average molecular weight is 388 g/mol. The number of anilines is 1. The Morgan fingerprint density at radius 2 is 1.67 bits per heavy atom. The van der Waals surface area contributed by atoms with Crippen molar-refractivity contribution in [2.24, 2.45) is 0 Å². The van der Waals surface area contributed by atoms with E-state index in [1.165, 1.54) is 18.2 Å². The van der Waals surface area contributed by atoms with Crippen molar-refractivity contribution in [3.8, 4) is 11.5 Å². The fraction of sp³-hybridized carbons (Fsp3) is 0.250. The van der Waals surface area contributed by atoms with Gasteiger partial charge in [0.25, 0.3) is 10.0 Å². The van der Waals surface area contributed by atoms with E-state index in [0.717, 1.165) is 12.0 Å². The Labute approximate surface area is 150 Å². The summed E-state index contributed by atoms with van der Waals surface area (Å²) in [5.74, 6) is 0.943. The Balaban J connectivity index is 1.96. The van der Waals surface area contributed by atoms with Crippen LogP contribution in [-0.4, -0.2) is 21.6 Å². The highest BCUT2D eigenvalue weighted by atomic mass is 35.5. The van der Waals surface area contributed by atoms with Crippen LogP contribution < -0.4 is 14.2 Å². The zero-order chi connectivity index (χ0) is 17.3. The van der Waals surface area contributed by atoms with Gasteiger partial charge in [-0.05, 0) is 24.6 Å². The second kappa shape index (κ2) is 6.70. The van der Waals surface area contributed by atoms with Crippen molar-refractivity contribution in [1.29, 1.82) is 0 Å². The number of benzene rings is 2. The summed E-state index contributed by atoms with van der Waals surface area (Å²) < 4.78 is 38.7. The lowest BCUT2D eigenvalue weighted by atomic mass is 10.2. The third-order valence-electron chi connectivity index (χ3n) is 3.46. The molecule has 2 aromatic carbocycles. The number of halogens is 2. The van der Waals surface area contributed by atoms with Gasteiger partial charge in [0.15, 0.2) is 11.5 Å². The predicted octanol–water partition coefficient (Wildman–Crippen LogP) is 4.26. The second-order valence-corrected chi connectivity index (χ2v) is 7.83. The Kier molecular flexibility index (Phi) is 4.80. The van der Waals surface area contributed by atoms with E-state index in [2.05, 4.69) is 4.72 Å². The predicted molar refractivity (Wildman–Crippen MR) is 94.1 cm³/mol. The van der Waals surface area contributed by atoms with Crippen LogP contribution in [0, 0.1) is 6.92 Å². The first-order valence-electron chi connectivity index (χ1n) is 7.25. The van der Waals surface area contributed by atoms with Crippen LogP contribution in [0.1, 0.15) is 12.0 Å². The monoisotopic (exact) mass is 387 g/mol. The van der Waals surface area contributed by atoms with Crippen molar-refractivity contribution in [3.05, 3.63) is 45.9 Å². The fourth-order valence-corrected chi connectivity index (χ4v) is 4.21. The maximum atomic E-state index is 12.6. The van der Waals surface area contributed by atoms with E-state index in [0.29, 0.717) is 24.7 Å². The van der Waals surface area contributed by atoms with Gasteiger partial charge in [-0.15, -0.1) is 0 Å². The number of sulfonamides is 1. The molecule has 0 saturated heterocycles. The number of hydrogen-bond donors (Lipinski definition) is 1. The molecule has 1 aliphatic heterocycles. The van der Waals surface area contributed by atoms with Crippen molar-refractivity contribution in [2.75, 3.05) is 17.9 Å². The Bertz CT molecular complexity index is 884. The third-order valence-corrected chi connectivity index (χ3v) is 5.62. The van der Waals surface area contributed by atoms with E-state index >= 15 is 0 Å². The Morgan fingerprint density at radius 1 is 1.00 bits per heavy atom. The van der Waals surface area contributed by atoms with E-state index in [9.17, 15) is 8.42 Å². The van der Waals surface area contributed by atoms with Crippen molar-refractivity contribution >= 4 is 38.9 Å². The SMILES string of the molecule is Cc1ccc(S(=O)(=O)Nc2cc3c(cc2Cl)OCCCO3)c(Cl)c1. The molecule has 0 unspecified atom stereocenters. The van der Waals surface area contributed by atoms with Crippen LogP contribution in [0.3, 0.4) is 0 Å². The molecule has 0 radical (unpaired) electrons. The minimum absolute atomic E-state index is 0.0158. The molecule has 0 saturated carbocycles. The second-order valence-electron chi connectivity index (χ2n) is 5.37. The van der Waals surface area contributed by atoms with Gasteiger partial charge in [0, 0.05) is 18.6 Å². The van der Waals surface area contributed by atoms with E-state index in [1.54, 1.807) is 12.1 Å². The molecule has 0 aromatic heterocycles. The van der Waals surface area contributed by atoms with Crippen molar-refractivity contribution in [3.63, 3.8) is 0 Å². The molecule has 0 amide bonds. The third kappa shape index (κ3) is 3.55. The highest BCUT2D eigenvalue weighted by Crippen LogP contribution is 2.38. The van der Waals surface area contributed by atoms with Gasteiger partial charge in [-0.2, -0.15) is 0 Å². The molecule has 128 valence electrons. The van der Waals surface area contributed by atoms with E-state index < -0.39 is 10.0 Å². The lowest BCUT2D eigenvalue weighted by Gasteiger charge is -2.14. The number of rotatable bonds is 3. The highest BCUT2D eigenvalue weighted by Gasteiger charge is 2.21. The van der Waals surface area contributed by atoms with Crippen molar-refractivity contribution in [2.45, 2.75) is 18.2 Å². The van der Waals surface area contributed by atoms with Crippen LogP contribution in [0.4, 0.5) is 5.69 Å². The molecule has 24 heavy (non-hydrogen) atoms. The summed E-state index contributed by atoms with van der Waals surface area (Å²) in [6.07, 6.45) is 0.742. The topological polar surface area (TPSA) is 64.6 Å². The lowest BCUT2D eigenvalue weighted by molar-refractivity contribution is 0.297. The summed E-state index contributed by atoms with van der Waals surface area (Å²) in [6.45, 7) is 2.84. The van der Waals surface area contributed by atoms with Crippen LogP contribution >= 0.6 is 23.2 Å². The van der Waals surface area contributed by atoms with Crippen molar-refractivity contribution in [1.82, 2.24) is 0 Å². The van der Waals surface area contributed by atoms with Gasteiger partial charge >= 0.3 is 0 Å². The van der Waals surface area contributed by atoms with E-state index in [1.807, 2.05) is 6.92 Å². The van der Waals surface area contributed by atoms with Crippen LogP contribution in [-0.2, 0) is 10.0 Å². The first kappa shape index (κ1) is 17.2. The number of nitrogens with one attached hydrogen (secondary N) is 1. The molecule has 0 fully saturated rings. The van der Waals surface area contributed by atoms with Gasteiger partial charge in [0.1, 0.15) is 4.90 Å². The van der Waals surface area contributed by atoms with Crippen LogP contribution in [0.5, 0.6) is 11.5 Å². The highest BCUT2D eigenvalue weighted by molar-refractivity contribution is 7.92. The van der Waals surface area contributed by atoms with Crippen LogP contribution in [0.2, 0.25) is 10.0 Å². The molecule has 0 atom stereocenters. The first-order valence-corrected chi connectivity index (χ1v) is 9.49. The smallest absolute Gasteiger partial charge is 0.263 e. The lowest BCUT2D eigenvalue weighted by Crippen LogP contribution is -2.14. The quantitative estimate of drug-likeness (QED) is 0.853. The van der Waals surface area contributed by atoms with Crippen molar-refractivity contribution < 1.29 is 17.9 Å². The minimum atomic E-state index is -3.88. The van der Waals surface area contributed by atoms with Crippen LogP contribution in [0.15, 0.2) is 35.2 Å². The van der Waals surface area contributed by atoms with Gasteiger partial charge in [-0.3, -0.25) is 4.72 Å². The molecule has 0 aliphatic carbocycles. The number of aryl methyl sites for hydroxylation is 1. The molecule has 1 aliphatic rings. The van der Waals surface area contributed by atoms with Gasteiger partial charge in [-0.25, -0.2) is 8.42 Å². The summed E-state index contributed by atoms with van der Waals surface area (Å²) in [6, 6.07) is 7.78. The standard InChI is InChI=1S/C16H15Cl2NO4S/c1-10-3-4-16(12(18)7-10)24(20,21)19-13-9-15-14(8-11(13)17)22-5-2-6-23-15/h3-4,7-9,19H,2,5-6H2,1H3. The molecule has 8 heteroatoms. The van der Waals surface area contributed by atoms with E-state index in [-0.39, 0.29) is 20.6 Å². The summed E-state index contributed by atoms with van der Waals surface area (Å²) in [5.41, 5.74) is 1.07. The number of ether oxygens (including phenoxy) is 2. The van der Waals surface area contributed by atoms with Gasteiger partial charge in [0.05, 0.1) is 28.9 Å². The van der Waals surface area contributed by atoms with Gasteiger partial charge in [0.2, 0.25) is 0 Å². The summed E-state index contributed by atoms with van der Waals surface area (Å²) >= 11 is 12.2. The summed E-state index contributed by atoms with van der Waals surface area (Å²) in [5, 5.41) is 0.360. The summed E-state index contributed by atoms with van der Waals surface area (Å²) in [4.78, 5) is -0.0158. The number of fused-ring (bicyclic) bond motifs is 1. The maximum Gasteiger partial charge on any atom is 0.263 e. The normalized spacial score (nSPS) is 14.1. The zero-order valence-corrected chi connectivity index (χ0v) is 15.1. The molecule has 1 N–H and O–H groups in total. The fourth-order valence-electron chi connectivity index (χ4n) is 2.29. The van der Waals surface area contributed by atoms with Gasteiger partial charge in [-0.1, -0.05) is 29.3 Å². The molecular formula is C16H15Cl2NO4S. The van der Waals surface area contributed by atoms with E-state index in [4.69, 9.17) is 32.7 Å². The molecule has 2 aromatic rings. The average Bonchev–Trinajstić information content (AvgIpc) is 2.72. The van der Waals surface area contributed by atoms with Crippen LogP contribution in [0.25, 0.3) is 0 Å². The minimum Gasteiger partial charge on any atom is -0.490 e. The zero-order valence-electron chi connectivity index (χ0n) is 12.8. The Hall–Kier alpha value is -1.63. The Morgan fingerprint density at radius 3 is 2.33 bits per heavy atom. The van der Waals surface area contributed by atoms with Gasteiger partial charge < -0.3 is 9.47 Å². The molecule has 0 spiro atoms. The largest absolute Gasteiger partial charge is 0.490 e.